The van der Waals surface area contributed by atoms with Crippen molar-refractivity contribution in [2.24, 2.45) is 5.41 Å². The Kier molecular flexibility index (Phi) is 3.60. The van der Waals surface area contributed by atoms with Crippen LogP contribution in [0, 0.1) is 12.3 Å². The number of aryl methyl sites for hydroxylation is 1. The molecular formula is C13H19Cl. The van der Waals surface area contributed by atoms with Crippen LogP contribution in [0.15, 0.2) is 24.3 Å². The fraction of sp³-hybridized carbons (Fsp3) is 0.538. The normalized spacial score (nSPS) is 14.1. The highest BCUT2D eigenvalue weighted by atomic mass is 35.5. The molecule has 78 valence electrons. The molecule has 0 N–H and O–H groups in total. The van der Waals surface area contributed by atoms with Gasteiger partial charge in [0, 0.05) is 0 Å². The van der Waals surface area contributed by atoms with Gasteiger partial charge in [0.05, 0.1) is 5.38 Å². The van der Waals surface area contributed by atoms with E-state index in [2.05, 4.69) is 52.0 Å². The molecule has 0 aliphatic carbocycles. The SMILES string of the molecule is CCC(C)(C)C(Cl)c1ccc(C)cc1. The summed E-state index contributed by atoms with van der Waals surface area (Å²) >= 11 is 6.45. The summed E-state index contributed by atoms with van der Waals surface area (Å²) in [6.07, 6.45) is 1.09. The van der Waals surface area contributed by atoms with E-state index < -0.39 is 0 Å². The minimum Gasteiger partial charge on any atom is -0.117 e. The van der Waals surface area contributed by atoms with E-state index in [-0.39, 0.29) is 10.8 Å². The molecule has 14 heavy (non-hydrogen) atoms. The molecule has 0 saturated heterocycles. The summed E-state index contributed by atoms with van der Waals surface area (Å²) in [4.78, 5) is 0. The van der Waals surface area contributed by atoms with Crippen molar-refractivity contribution in [3.63, 3.8) is 0 Å². The fourth-order valence-corrected chi connectivity index (χ4v) is 1.67. The molecule has 1 aromatic rings. The van der Waals surface area contributed by atoms with Gasteiger partial charge in [-0.25, -0.2) is 0 Å². The van der Waals surface area contributed by atoms with Crippen molar-refractivity contribution < 1.29 is 0 Å². The third kappa shape index (κ3) is 2.51. The van der Waals surface area contributed by atoms with Gasteiger partial charge in [-0.3, -0.25) is 0 Å². The largest absolute Gasteiger partial charge is 0.117 e. The molecule has 0 spiro atoms. The van der Waals surface area contributed by atoms with Crippen molar-refractivity contribution in [1.82, 2.24) is 0 Å². The van der Waals surface area contributed by atoms with E-state index in [1.165, 1.54) is 11.1 Å². The second-order valence-electron chi connectivity index (χ2n) is 4.62. The van der Waals surface area contributed by atoms with E-state index in [1.807, 2.05) is 0 Å². The lowest BCUT2D eigenvalue weighted by molar-refractivity contribution is 0.336. The van der Waals surface area contributed by atoms with Gasteiger partial charge in [-0.15, -0.1) is 11.6 Å². The van der Waals surface area contributed by atoms with Crippen molar-refractivity contribution in [3.05, 3.63) is 35.4 Å². The Morgan fingerprint density at radius 2 is 1.71 bits per heavy atom. The van der Waals surface area contributed by atoms with Crippen LogP contribution in [0.25, 0.3) is 0 Å². The molecule has 0 saturated carbocycles. The summed E-state index contributed by atoms with van der Waals surface area (Å²) < 4.78 is 0. The topological polar surface area (TPSA) is 0 Å². The highest BCUT2D eigenvalue weighted by Crippen LogP contribution is 2.41. The molecule has 0 aliphatic rings. The maximum Gasteiger partial charge on any atom is 0.0636 e. The van der Waals surface area contributed by atoms with Gasteiger partial charge in [0.2, 0.25) is 0 Å². The first-order valence-electron chi connectivity index (χ1n) is 5.18. The Bertz CT molecular complexity index is 285. The Balaban J connectivity index is 2.89. The molecule has 0 bridgehead atoms. The molecule has 1 unspecified atom stereocenters. The average Bonchev–Trinajstić information content (AvgIpc) is 2.18. The molecule has 1 heteroatoms. The van der Waals surface area contributed by atoms with E-state index in [0.717, 1.165) is 6.42 Å². The minimum absolute atomic E-state index is 0.105. The van der Waals surface area contributed by atoms with Gasteiger partial charge in [-0.05, 0) is 24.3 Å². The number of alkyl halides is 1. The summed E-state index contributed by atoms with van der Waals surface area (Å²) in [5, 5.41) is 0.105. The molecule has 0 aromatic heterocycles. The second-order valence-corrected chi connectivity index (χ2v) is 5.05. The third-order valence-corrected chi connectivity index (χ3v) is 3.81. The highest BCUT2D eigenvalue weighted by Gasteiger charge is 2.26. The maximum atomic E-state index is 6.45. The summed E-state index contributed by atoms with van der Waals surface area (Å²) in [6, 6.07) is 8.50. The first-order chi connectivity index (χ1) is 6.47. The van der Waals surface area contributed by atoms with Crippen LogP contribution in [-0.2, 0) is 0 Å². The zero-order chi connectivity index (χ0) is 10.8. The average molecular weight is 211 g/mol. The number of benzene rings is 1. The maximum absolute atomic E-state index is 6.45. The smallest absolute Gasteiger partial charge is 0.0636 e. The quantitative estimate of drug-likeness (QED) is 0.634. The zero-order valence-corrected chi connectivity index (χ0v) is 10.2. The predicted molar refractivity (Wildman–Crippen MR) is 63.8 cm³/mol. The first-order valence-corrected chi connectivity index (χ1v) is 5.61. The molecule has 1 rings (SSSR count). The lowest BCUT2D eigenvalue weighted by Crippen LogP contribution is -2.16. The van der Waals surface area contributed by atoms with Gasteiger partial charge >= 0.3 is 0 Å². The number of halogens is 1. The van der Waals surface area contributed by atoms with Crippen LogP contribution >= 0.6 is 11.6 Å². The molecule has 0 aliphatic heterocycles. The van der Waals surface area contributed by atoms with E-state index in [4.69, 9.17) is 11.6 Å². The molecule has 1 aromatic carbocycles. The van der Waals surface area contributed by atoms with Crippen molar-refractivity contribution in [1.29, 1.82) is 0 Å². The standard InChI is InChI=1S/C13H19Cl/c1-5-13(3,4)12(14)11-8-6-10(2)7-9-11/h6-9,12H,5H2,1-4H3. The van der Waals surface area contributed by atoms with Crippen LogP contribution in [0.4, 0.5) is 0 Å². The van der Waals surface area contributed by atoms with Crippen molar-refractivity contribution in [2.45, 2.75) is 39.5 Å². The van der Waals surface area contributed by atoms with Crippen molar-refractivity contribution >= 4 is 11.6 Å². The molecule has 0 radical (unpaired) electrons. The Morgan fingerprint density at radius 1 is 1.21 bits per heavy atom. The third-order valence-electron chi connectivity index (χ3n) is 2.97. The molecule has 0 nitrogen and oxygen atoms in total. The lowest BCUT2D eigenvalue weighted by atomic mass is 9.83. The minimum atomic E-state index is 0.105. The van der Waals surface area contributed by atoms with E-state index in [9.17, 15) is 0 Å². The van der Waals surface area contributed by atoms with E-state index >= 15 is 0 Å². The summed E-state index contributed by atoms with van der Waals surface area (Å²) in [7, 11) is 0. The van der Waals surface area contributed by atoms with Gasteiger partial charge < -0.3 is 0 Å². The Hall–Kier alpha value is -0.490. The van der Waals surface area contributed by atoms with Crippen LogP contribution in [0.1, 0.15) is 43.7 Å². The molecule has 0 amide bonds. The van der Waals surface area contributed by atoms with Crippen LogP contribution in [0.2, 0.25) is 0 Å². The number of hydrogen-bond donors (Lipinski definition) is 0. The van der Waals surface area contributed by atoms with Crippen molar-refractivity contribution in [3.8, 4) is 0 Å². The molecule has 1 atom stereocenters. The number of rotatable bonds is 3. The van der Waals surface area contributed by atoms with Gasteiger partial charge in [0.15, 0.2) is 0 Å². The van der Waals surface area contributed by atoms with Gasteiger partial charge in [-0.2, -0.15) is 0 Å². The monoisotopic (exact) mass is 210 g/mol. The number of hydrogen-bond acceptors (Lipinski definition) is 0. The van der Waals surface area contributed by atoms with Crippen LogP contribution in [0.5, 0.6) is 0 Å². The molecule has 0 fully saturated rings. The Morgan fingerprint density at radius 3 is 2.14 bits per heavy atom. The van der Waals surface area contributed by atoms with Gasteiger partial charge in [0.1, 0.15) is 0 Å². The van der Waals surface area contributed by atoms with E-state index in [1.54, 1.807) is 0 Å². The second kappa shape index (κ2) is 4.35. The zero-order valence-electron chi connectivity index (χ0n) is 9.47. The van der Waals surface area contributed by atoms with Crippen LogP contribution in [0.3, 0.4) is 0 Å². The van der Waals surface area contributed by atoms with Gasteiger partial charge in [0.25, 0.3) is 0 Å². The molecular weight excluding hydrogens is 192 g/mol. The van der Waals surface area contributed by atoms with Gasteiger partial charge in [-0.1, -0.05) is 50.6 Å². The van der Waals surface area contributed by atoms with Crippen LogP contribution < -0.4 is 0 Å². The highest BCUT2D eigenvalue weighted by molar-refractivity contribution is 6.21. The molecule has 0 heterocycles. The summed E-state index contributed by atoms with van der Waals surface area (Å²) in [6.45, 7) is 8.70. The summed E-state index contributed by atoms with van der Waals surface area (Å²) in [5.74, 6) is 0. The van der Waals surface area contributed by atoms with Crippen LogP contribution in [-0.4, -0.2) is 0 Å². The fourth-order valence-electron chi connectivity index (χ4n) is 1.37. The summed E-state index contributed by atoms with van der Waals surface area (Å²) in [5.41, 5.74) is 2.67. The van der Waals surface area contributed by atoms with Crippen molar-refractivity contribution in [2.75, 3.05) is 0 Å². The van der Waals surface area contributed by atoms with E-state index in [0.29, 0.717) is 0 Å². The first kappa shape index (κ1) is 11.6. The lowest BCUT2D eigenvalue weighted by Gasteiger charge is -2.29. The Labute approximate surface area is 92.3 Å². The predicted octanol–water partition coefficient (Wildman–Crippen LogP) is 4.71.